The summed E-state index contributed by atoms with van der Waals surface area (Å²) >= 11 is 2.12. The summed E-state index contributed by atoms with van der Waals surface area (Å²) < 4.78 is 3.03. The average molecular weight is 234 g/mol. The van der Waals surface area contributed by atoms with Crippen LogP contribution in [0.1, 0.15) is 5.56 Å². The molecule has 0 saturated carbocycles. The molecule has 0 aliphatic carbocycles. The van der Waals surface area contributed by atoms with Gasteiger partial charge in [0.25, 0.3) is 0 Å². The second-order valence-electron chi connectivity index (χ2n) is 1.67. The van der Waals surface area contributed by atoms with Crippen molar-refractivity contribution in [2.75, 3.05) is 0 Å². The highest BCUT2D eigenvalue weighted by Gasteiger charge is 1.85. The number of aromatic nitrogens is 1. The van der Waals surface area contributed by atoms with Gasteiger partial charge in [0, 0.05) is 41.8 Å². The first-order chi connectivity index (χ1) is 4.43. The summed E-state index contributed by atoms with van der Waals surface area (Å²) in [6.07, 6.45) is 3.59. The fourth-order valence-corrected chi connectivity index (χ4v) is 1.02. The summed E-state index contributed by atoms with van der Waals surface area (Å²) in [7, 11) is 0. The van der Waals surface area contributed by atoms with Crippen molar-refractivity contribution in [1.29, 1.82) is 0 Å². The molecule has 1 N–H and O–H groups in total. The van der Waals surface area contributed by atoms with E-state index in [2.05, 4.69) is 31.4 Å². The SMILES string of the molecule is INCc1ccncc1. The van der Waals surface area contributed by atoms with E-state index in [1.165, 1.54) is 5.56 Å². The third-order valence-corrected chi connectivity index (χ3v) is 1.40. The number of nitrogens with zero attached hydrogens (tertiary/aromatic N) is 1. The van der Waals surface area contributed by atoms with Crippen LogP contribution in [0.15, 0.2) is 24.5 Å². The van der Waals surface area contributed by atoms with Crippen molar-refractivity contribution in [3.05, 3.63) is 30.1 Å². The normalized spacial score (nSPS) is 9.44. The Morgan fingerprint density at radius 1 is 1.44 bits per heavy atom. The van der Waals surface area contributed by atoms with Gasteiger partial charge >= 0.3 is 0 Å². The van der Waals surface area contributed by atoms with Crippen molar-refractivity contribution in [2.45, 2.75) is 6.54 Å². The minimum absolute atomic E-state index is 0.906. The highest BCUT2D eigenvalue weighted by atomic mass is 127. The van der Waals surface area contributed by atoms with Crippen LogP contribution in [0.5, 0.6) is 0 Å². The molecule has 0 unspecified atom stereocenters. The number of rotatable bonds is 2. The van der Waals surface area contributed by atoms with Gasteiger partial charge in [0.2, 0.25) is 0 Å². The largest absolute Gasteiger partial charge is 0.265 e. The van der Waals surface area contributed by atoms with Gasteiger partial charge in [-0.25, -0.2) is 0 Å². The predicted octanol–water partition coefficient (Wildman–Crippen LogP) is 1.52. The van der Waals surface area contributed by atoms with Crippen LogP contribution in [0.4, 0.5) is 0 Å². The van der Waals surface area contributed by atoms with Crippen molar-refractivity contribution in [1.82, 2.24) is 8.51 Å². The van der Waals surface area contributed by atoms with Crippen LogP contribution in [-0.4, -0.2) is 4.98 Å². The third kappa shape index (κ3) is 2.28. The number of hydrogen-bond acceptors (Lipinski definition) is 2. The lowest BCUT2D eigenvalue weighted by Gasteiger charge is -1.94. The van der Waals surface area contributed by atoms with E-state index in [1.54, 1.807) is 12.4 Å². The molecule has 1 heterocycles. The van der Waals surface area contributed by atoms with Gasteiger partial charge in [-0.05, 0) is 17.7 Å². The van der Waals surface area contributed by atoms with E-state index in [4.69, 9.17) is 0 Å². The molecule has 3 heteroatoms. The number of pyridine rings is 1. The molecular weight excluding hydrogens is 227 g/mol. The first-order valence-electron chi connectivity index (χ1n) is 2.66. The van der Waals surface area contributed by atoms with Crippen molar-refractivity contribution in [3.8, 4) is 0 Å². The highest BCUT2D eigenvalue weighted by Crippen LogP contribution is 1.94. The quantitative estimate of drug-likeness (QED) is 0.619. The molecule has 0 aliphatic heterocycles. The maximum absolute atomic E-state index is 3.90. The highest BCUT2D eigenvalue weighted by molar-refractivity contribution is 14.1. The van der Waals surface area contributed by atoms with Crippen molar-refractivity contribution >= 4 is 22.9 Å². The lowest BCUT2D eigenvalue weighted by molar-refractivity contribution is 1.01. The predicted molar refractivity (Wildman–Crippen MR) is 45.1 cm³/mol. The van der Waals surface area contributed by atoms with E-state index in [0.717, 1.165) is 6.54 Å². The molecule has 0 saturated heterocycles. The lowest BCUT2D eigenvalue weighted by Crippen LogP contribution is -1.96. The van der Waals surface area contributed by atoms with E-state index in [1.807, 2.05) is 12.1 Å². The smallest absolute Gasteiger partial charge is 0.0302 e. The minimum atomic E-state index is 0.906. The number of nitrogens with one attached hydrogen (secondary N) is 1. The molecule has 48 valence electrons. The van der Waals surface area contributed by atoms with Gasteiger partial charge in [0.05, 0.1) is 0 Å². The maximum atomic E-state index is 3.90. The van der Waals surface area contributed by atoms with Gasteiger partial charge in [-0.2, -0.15) is 0 Å². The summed E-state index contributed by atoms with van der Waals surface area (Å²) in [5.74, 6) is 0. The molecular formula is C6H7IN2. The second kappa shape index (κ2) is 3.79. The molecule has 0 fully saturated rings. The Labute approximate surface area is 68.2 Å². The number of halogens is 1. The van der Waals surface area contributed by atoms with E-state index in [9.17, 15) is 0 Å². The molecule has 0 bridgehead atoms. The first kappa shape index (κ1) is 6.95. The molecule has 0 spiro atoms. The topological polar surface area (TPSA) is 24.9 Å². The molecule has 0 aromatic carbocycles. The van der Waals surface area contributed by atoms with Crippen molar-refractivity contribution < 1.29 is 0 Å². The standard InChI is InChI=1S/C6H7IN2/c7-9-5-6-1-3-8-4-2-6/h1-4,9H,5H2. The Kier molecular flexibility index (Phi) is 2.93. The van der Waals surface area contributed by atoms with E-state index >= 15 is 0 Å². The van der Waals surface area contributed by atoms with Gasteiger partial charge in [-0.1, -0.05) is 0 Å². The van der Waals surface area contributed by atoms with E-state index in [-0.39, 0.29) is 0 Å². The molecule has 0 radical (unpaired) electrons. The zero-order chi connectivity index (χ0) is 6.53. The van der Waals surface area contributed by atoms with Gasteiger partial charge in [-0.15, -0.1) is 0 Å². The first-order valence-corrected chi connectivity index (χ1v) is 3.74. The van der Waals surface area contributed by atoms with E-state index in [0.29, 0.717) is 0 Å². The Balaban J connectivity index is 2.61. The van der Waals surface area contributed by atoms with Crippen LogP contribution < -0.4 is 3.53 Å². The fourth-order valence-electron chi connectivity index (χ4n) is 0.578. The van der Waals surface area contributed by atoms with Crippen LogP contribution >= 0.6 is 22.9 Å². The molecule has 0 aliphatic rings. The summed E-state index contributed by atoms with van der Waals surface area (Å²) in [6.45, 7) is 0.906. The van der Waals surface area contributed by atoms with Crippen LogP contribution in [0.25, 0.3) is 0 Å². The minimum Gasteiger partial charge on any atom is -0.265 e. The summed E-state index contributed by atoms with van der Waals surface area (Å²) in [5, 5.41) is 0. The zero-order valence-electron chi connectivity index (χ0n) is 4.84. The van der Waals surface area contributed by atoms with Crippen molar-refractivity contribution in [2.24, 2.45) is 0 Å². The van der Waals surface area contributed by atoms with Gasteiger partial charge < -0.3 is 0 Å². The zero-order valence-corrected chi connectivity index (χ0v) is 7.00. The Morgan fingerprint density at radius 2 is 2.11 bits per heavy atom. The molecule has 2 nitrogen and oxygen atoms in total. The van der Waals surface area contributed by atoms with Gasteiger partial charge in [0.1, 0.15) is 0 Å². The number of hydrogen-bond donors (Lipinski definition) is 1. The average Bonchev–Trinajstić information content (AvgIpc) is 1.91. The molecule has 1 aromatic heterocycles. The summed E-state index contributed by atoms with van der Waals surface area (Å²) in [5.41, 5.74) is 1.26. The Bertz CT molecular complexity index is 164. The maximum Gasteiger partial charge on any atom is 0.0302 e. The molecule has 0 amide bonds. The van der Waals surface area contributed by atoms with E-state index < -0.39 is 0 Å². The van der Waals surface area contributed by atoms with Crippen LogP contribution in [-0.2, 0) is 6.54 Å². The molecule has 9 heavy (non-hydrogen) atoms. The van der Waals surface area contributed by atoms with Crippen LogP contribution in [0.2, 0.25) is 0 Å². The lowest BCUT2D eigenvalue weighted by atomic mass is 10.3. The monoisotopic (exact) mass is 234 g/mol. The van der Waals surface area contributed by atoms with Crippen LogP contribution in [0.3, 0.4) is 0 Å². The molecule has 1 aromatic rings. The van der Waals surface area contributed by atoms with Gasteiger partial charge in [0.15, 0.2) is 0 Å². The molecule has 1 rings (SSSR count). The van der Waals surface area contributed by atoms with Crippen molar-refractivity contribution in [3.63, 3.8) is 0 Å². The van der Waals surface area contributed by atoms with Crippen LogP contribution in [0, 0.1) is 0 Å². The third-order valence-electron chi connectivity index (χ3n) is 1.02. The fraction of sp³-hybridized carbons (Fsp3) is 0.167. The molecule has 0 atom stereocenters. The second-order valence-corrected chi connectivity index (χ2v) is 2.43. The summed E-state index contributed by atoms with van der Waals surface area (Å²) in [6, 6.07) is 3.98. The summed E-state index contributed by atoms with van der Waals surface area (Å²) in [4.78, 5) is 3.90. The Hall–Kier alpha value is -0.160. The van der Waals surface area contributed by atoms with Gasteiger partial charge in [-0.3, -0.25) is 8.51 Å². The Morgan fingerprint density at radius 3 is 2.67 bits per heavy atom.